The van der Waals surface area contributed by atoms with Gasteiger partial charge in [-0.1, -0.05) is 0 Å². The van der Waals surface area contributed by atoms with E-state index < -0.39 is 0 Å². The molecular weight excluding hydrogens is 272 g/mol. The number of nitrogens with zero attached hydrogens (tertiary/aromatic N) is 4. The molecule has 0 aromatic carbocycles. The Kier molecular flexibility index (Phi) is 4.68. The van der Waals surface area contributed by atoms with Gasteiger partial charge in [0.25, 0.3) is 0 Å². The summed E-state index contributed by atoms with van der Waals surface area (Å²) in [6.07, 6.45) is 7.29. The Balaban J connectivity index is 1.57. The van der Waals surface area contributed by atoms with Crippen molar-refractivity contribution in [1.29, 1.82) is 0 Å². The SMILES string of the molecule is c1cnc(CC[C@H]2COCCN2Cc2cscn2)cn1. The minimum atomic E-state index is 0.437. The predicted molar refractivity (Wildman–Crippen MR) is 77.5 cm³/mol. The molecule has 106 valence electrons. The minimum Gasteiger partial charge on any atom is -0.378 e. The molecule has 3 rings (SSSR count). The maximum atomic E-state index is 5.62. The van der Waals surface area contributed by atoms with Gasteiger partial charge in [-0.15, -0.1) is 11.3 Å². The predicted octanol–water partition coefficient (Wildman–Crippen LogP) is 1.77. The molecule has 0 saturated carbocycles. The van der Waals surface area contributed by atoms with Crippen molar-refractivity contribution in [3.8, 4) is 0 Å². The molecule has 2 aromatic heterocycles. The van der Waals surface area contributed by atoms with Gasteiger partial charge in [0.2, 0.25) is 0 Å². The van der Waals surface area contributed by atoms with Crippen LogP contribution in [0.1, 0.15) is 17.8 Å². The van der Waals surface area contributed by atoms with E-state index in [2.05, 4.69) is 25.2 Å². The molecule has 6 heteroatoms. The van der Waals surface area contributed by atoms with Gasteiger partial charge >= 0.3 is 0 Å². The van der Waals surface area contributed by atoms with Crippen LogP contribution in [0.4, 0.5) is 0 Å². The van der Waals surface area contributed by atoms with Crippen LogP contribution in [0.3, 0.4) is 0 Å². The molecule has 5 nitrogen and oxygen atoms in total. The van der Waals surface area contributed by atoms with Crippen LogP contribution < -0.4 is 0 Å². The first-order chi connectivity index (χ1) is 9.92. The Labute approximate surface area is 122 Å². The Morgan fingerprint density at radius 2 is 2.30 bits per heavy atom. The summed E-state index contributed by atoms with van der Waals surface area (Å²) in [7, 11) is 0. The first-order valence-corrected chi connectivity index (χ1v) is 7.80. The number of aromatic nitrogens is 3. The lowest BCUT2D eigenvalue weighted by Crippen LogP contribution is -2.45. The first kappa shape index (κ1) is 13.6. The second-order valence-corrected chi connectivity index (χ2v) is 5.63. The zero-order chi connectivity index (χ0) is 13.6. The van der Waals surface area contributed by atoms with E-state index in [0.717, 1.165) is 50.5 Å². The lowest BCUT2D eigenvalue weighted by atomic mass is 10.1. The number of hydrogen-bond acceptors (Lipinski definition) is 6. The molecule has 2 aromatic rings. The summed E-state index contributed by atoms with van der Waals surface area (Å²) in [4.78, 5) is 15.3. The van der Waals surface area contributed by atoms with Crippen LogP contribution in [0, 0.1) is 0 Å². The molecule has 0 spiro atoms. The highest BCUT2D eigenvalue weighted by Crippen LogP contribution is 2.16. The molecule has 0 bridgehead atoms. The fourth-order valence-electron chi connectivity index (χ4n) is 2.46. The van der Waals surface area contributed by atoms with Crippen LogP contribution in [0.15, 0.2) is 29.5 Å². The van der Waals surface area contributed by atoms with Gasteiger partial charge in [0.15, 0.2) is 0 Å². The largest absolute Gasteiger partial charge is 0.378 e. The van der Waals surface area contributed by atoms with E-state index >= 15 is 0 Å². The van der Waals surface area contributed by atoms with Crippen LogP contribution in [0.2, 0.25) is 0 Å². The number of morpholine rings is 1. The van der Waals surface area contributed by atoms with Gasteiger partial charge < -0.3 is 4.74 Å². The smallest absolute Gasteiger partial charge is 0.0795 e. The summed E-state index contributed by atoms with van der Waals surface area (Å²) in [6.45, 7) is 3.50. The molecule has 0 aliphatic carbocycles. The Morgan fingerprint density at radius 3 is 3.10 bits per heavy atom. The maximum absolute atomic E-state index is 5.62. The Bertz CT molecular complexity index is 505. The summed E-state index contributed by atoms with van der Waals surface area (Å²) in [5.74, 6) is 0. The average Bonchev–Trinajstić information content (AvgIpc) is 3.00. The van der Waals surface area contributed by atoms with Crippen molar-refractivity contribution in [1.82, 2.24) is 19.9 Å². The van der Waals surface area contributed by atoms with E-state index in [-0.39, 0.29) is 0 Å². The van der Waals surface area contributed by atoms with Crippen LogP contribution in [0.5, 0.6) is 0 Å². The third kappa shape index (κ3) is 3.59. The Hall–Kier alpha value is -1.37. The molecule has 1 atom stereocenters. The molecule has 1 saturated heterocycles. The molecule has 0 N–H and O–H groups in total. The average molecular weight is 290 g/mol. The minimum absolute atomic E-state index is 0.437. The standard InChI is InChI=1S/C14H18N4OS/c1(12-7-15-3-4-16-12)2-14-9-19-6-5-18(14)8-13-10-20-11-17-13/h3-4,7,10-11,14H,1-2,5-6,8-9H2/t14-/m0/s1. The van der Waals surface area contributed by atoms with Crippen LogP contribution in [-0.2, 0) is 17.7 Å². The van der Waals surface area contributed by atoms with Gasteiger partial charge in [0, 0.05) is 43.1 Å². The van der Waals surface area contributed by atoms with Crippen molar-refractivity contribution in [2.75, 3.05) is 19.8 Å². The second kappa shape index (κ2) is 6.88. The van der Waals surface area contributed by atoms with Crippen molar-refractivity contribution in [2.45, 2.75) is 25.4 Å². The van der Waals surface area contributed by atoms with Gasteiger partial charge in [-0.2, -0.15) is 0 Å². The molecule has 0 radical (unpaired) electrons. The van der Waals surface area contributed by atoms with Gasteiger partial charge in [0.05, 0.1) is 30.1 Å². The summed E-state index contributed by atoms with van der Waals surface area (Å²) in [5, 5.41) is 2.12. The van der Waals surface area contributed by atoms with Gasteiger partial charge in [-0.25, -0.2) is 4.98 Å². The van der Waals surface area contributed by atoms with E-state index in [1.54, 1.807) is 23.7 Å². The molecule has 1 fully saturated rings. The van der Waals surface area contributed by atoms with Crippen molar-refractivity contribution < 1.29 is 4.74 Å². The van der Waals surface area contributed by atoms with Crippen molar-refractivity contribution in [3.05, 3.63) is 40.9 Å². The number of thiazole rings is 1. The van der Waals surface area contributed by atoms with Gasteiger partial charge in [-0.3, -0.25) is 14.9 Å². The zero-order valence-corrected chi connectivity index (χ0v) is 12.1. The fourth-order valence-corrected chi connectivity index (χ4v) is 3.01. The highest BCUT2D eigenvalue weighted by atomic mass is 32.1. The van der Waals surface area contributed by atoms with Gasteiger partial charge in [-0.05, 0) is 12.8 Å². The van der Waals surface area contributed by atoms with Crippen molar-refractivity contribution in [2.24, 2.45) is 0 Å². The number of ether oxygens (including phenoxy) is 1. The lowest BCUT2D eigenvalue weighted by Gasteiger charge is -2.35. The van der Waals surface area contributed by atoms with Crippen LogP contribution >= 0.6 is 11.3 Å². The van der Waals surface area contributed by atoms with E-state index in [4.69, 9.17) is 4.74 Å². The molecule has 1 aliphatic heterocycles. The third-order valence-corrected chi connectivity index (χ3v) is 4.18. The molecule has 3 heterocycles. The lowest BCUT2D eigenvalue weighted by molar-refractivity contribution is -0.0148. The molecule has 20 heavy (non-hydrogen) atoms. The van der Waals surface area contributed by atoms with Crippen molar-refractivity contribution >= 4 is 11.3 Å². The van der Waals surface area contributed by atoms with Crippen LogP contribution in [-0.4, -0.2) is 45.7 Å². The van der Waals surface area contributed by atoms with Gasteiger partial charge in [0.1, 0.15) is 0 Å². The summed E-state index contributed by atoms with van der Waals surface area (Å²) in [5.41, 5.74) is 4.10. The van der Waals surface area contributed by atoms with Crippen LogP contribution in [0.25, 0.3) is 0 Å². The highest BCUT2D eigenvalue weighted by Gasteiger charge is 2.23. The Morgan fingerprint density at radius 1 is 1.30 bits per heavy atom. The number of hydrogen-bond donors (Lipinski definition) is 0. The summed E-state index contributed by atoms with van der Waals surface area (Å²) < 4.78 is 5.62. The summed E-state index contributed by atoms with van der Waals surface area (Å²) in [6, 6.07) is 0.437. The van der Waals surface area contributed by atoms with E-state index in [1.165, 1.54) is 0 Å². The zero-order valence-electron chi connectivity index (χ0n) is 11.3. The normalized spacial score (nSPS) is 20.1. The quantitative estimate of drug-likeness (QED) is 0.840. The number of rotatable bonds is 5. The summed E-state index contributed by atoms with van der Waals surface area (Å²) >= 11 is 1.65. The van der Waals surface area contributed by atoms with E-state index in [0.29, 0.717) is 6.04 Å². The first-order valence-electron chi connectivity index (χ1n) is 6.85. The maximum Gasteiger partial charge on any atom is 0.0795 e. The third-order valence-electron chi connectivity index (χ3n) is 3.55. The molecule has 1 aliphatic rings. The molecule has 0 amide bonds. The monoisotopic (exact) mass is 290 g/mol. The topological polar surface area (TPSA) is 51.1 Å². The van der Waals surface area contributed by atoms with E-state index in [9.17, 15) is 0 Å². The van der Waals surface area contributed by atoms with Crippen molar-refractivity contribution in [3.63, 3.8) is 0 Å². The van der Waals surface area contributed by atoms with E-state index in [1.807, 2.05) is 11.7 Å². The molecular formula is C14H18N4OS. The highest BCUT2D eigenvalue weighted by molar-refractivity contribution is 7.07. The number of aryl methyl sites for hydroxylation is 1. The fraction of sp³-hybridized carbons (Fsp3) is 0.500. The second-order valence-electron chi connectivity index (χ2n) is 4.91. The molecule has 0 unspecified atom stereocenters.